The number of carbonyl (C=O) groups excluding carboxylic acids is 1. The molecule has 78 valence electrons. The van der Waals surface area contributed by atoms with Gasteiger partial charge in [-0.25, -0.2) is 9.50 Å². The van der Waals surface area contributed by atoms with Crippen LogP contribution in [0, 0.1) is 0 Å². The Morgan fingerprint density at radius 3 is 3.25 bits per heavy atom. The molecule has 0 aliphatic carbocycles. The van der Waals surface area contributed by atoms with Crippen LogP contribution in [-0.2, 0) is 0 Å². The van der Waals surface area contributed by atoms with Crippen LogP contribution >= 0.6 is 0 Å². The van der Waals surface area contributed by atoms with Crippen molar-refractivity contribution in [2.24, 2.45) is 4.99 Å². The molecule has 0 bridgehead atoms. The number of fused-ring (bicyclic) bond motifs is 3. The number of hydrogen-bond donors (Lipinski definition) is 0. The summed E-state index contributed by atoms with van der Waals surface area (Å²) in [6.45, 7) is 0.661. The number of nitrogens with zero attached hydrogens (tertiary/aromatic N) is 4. The van der Waals surface area contributed by atoms with Gasteiger partial charge in [0.15, 0.2) is 11.9 Å². The van der Waals surface area contributed by atoms with E-state index in [-0.39, 0.29) is 5.82 Å². The average molecular weight is 212 g/mol. The van der Waals surface area contributed by atoms with E-state index in [4.69, 9.17) is 0 Å². The number of aldehydes is 1. The van der Waals surface area contributed by atoms with Gasteiger partial charge in [0.1, 0.15) is 0 Å². The Labute approximate surface area is 90.5 Å². The van der Waals surface area contributed by atoms with Crippen molar-refractivity contribution in [1.29, 1.82) is 0 Å². The Hall–Kier alpha value is -2.30. The van der Waals surface area contributed by atoms with Crippen LogP contribution in [-0.4, -0.2) is 27.4 Å². The highest BCUT2D eigenvalue weighted by Crippen LogP contribution is 1.92. The summed E-state index contributed by atoms with van der Waals surface area (Å²) in [5.41, 5.74) is 0.662. The maximum Gasteiger partial charge on any atom is 0.215 e. The van der Waals surface area contributed by atoms with Gasteiger partial charge >= 0.3 is 0 Å². The van der Waals surface area contributed by atoms with Gasteiger partial charge in [-0.3, -0.25) is 9.79 Å². The molecule has 16 heavy (non-hydrogen) atoms. The predicted molar refractivity (Wildman–Crippen MR) is 57.6 cm³/mol. The van der Waals surface area contributed by atoms with Gasteiger partial charge in [0.05, 0.1) is 11.9 Å². The van der Waals surface area contributed by atoms with Crippen LogP contribution in [0.15, 0.2) is 29.4 Å². The molecular weight excluding hydrogens is 204 g/mol. The summed E-state index contributed by atoms with van der Waals surface area (Å²) in [6, 6.07) is 1.87. The summed E-state index contributed by atoms with van der Waals surface area (Å²) in [5, 5.41) is 5.80. The molecular formula is C11H8N4O. The summed E-state index contributed by atoms with van der Waals surface area (Å²) >= 11 is 0. The average Bonchev–Trinajstić information content (AvgIpc) is 2.59. The minimum Gasteiger partial charge on any atom is -0.294 e. The quantitative estimate of drug-likeness (QED) is 0.599. The summed E-state index contributed by atoms with van der Waals surface area (Å²) in [7, 11) is 0. The Kier molecular flexibility index (Phi) is 1.89. The first-order chi connectivity index (χ1) is 7.88. The molecule has 5 nitrogen and oxygen atoms in total. The molecule has 0 aromatic carbocycles. The van der Waals surface area contributed by atoms with Crippen LogP contribution < -0.4 is 10.6 Å². The van der Waals surface area contributed by atoms with Crippen molar-refractivity contribution in [3.05, 3.63) is 40.8 Å². The molecule has 0 atom stereocenters. The highest BCUT2D eigenvalue weighted by atomic mass is 16.1. The zero-order valence-corrected chi connectivity index (χ0v) is 8.37. The molecule has 0 fully saturated rings. The number of allylic oxidation sites excluding steroid dienone is 1. The standard InChI is InChI=1S/C11H8N4O/c16-7-10-13-11-8-3-1-2-5-12-9(8)4-6-15(11)14-10/h1-4,6-7H,5H2. The van der Waals surface area contributed by atoms with E-state index >= 15 is 0 Å². The minimum atomic E-state index is 0.190. The summed E-state index contributed by atoms with van der Waals surface area (Å²) in [6.07, 6.45) is 8.24. The van der Waals surface area contributed by atoms with Crippen molar-refractivity contribution in [3.63, 3.8) is 0 Å². The fraction of sp³-hybridized carbons (Fsp3) is 0.0909. The number of rotatable bonds is 1. The molecule has 0 amide bonds. The second kappa shape index (κ2) is 3.37. The molecule has 2 aromatic rings. The largest absolute Gasteiger partial charge is 0.294 e. The molecule has 1 aliphatic rings. The third-order valence-electron chi connectivity index (χ3n) is 2.41. The van der Waals surface area contributed by atoms with E-state index in [1.165, 1.54) is 0 Å². The first kappa shape index (κ1) is 8.96. The molecule has 0 radical (unpaired) electrons. The third kappa shape index (κ3) is 1.25. The van der Waals surface area contributed by atoms with Gasteiger partial charge in [-0.05, 0) is 12.1 Å². The minimum absolute atomic E-state index is 0.190. The molecule has 0 saturated heterocycles. The fourth-order valence-corrected chi connectivity index (χ4v) is 1.70. The molecule has 0 N–H and O–H groups in total. The smallest absolute Gasteiger partial charge is 0.215 e. The fourth-order valence-electron chi connectivity index (χ4n) is 1.70. The third-order valence-corrected chi connectivity index (χ3v) is 2.41. The SMILES string of the molecule is O=Cc1nc2c3c(ccn2n1)=NCC=CC=3. The topological polar surface area (TPSA) is 59.6 Å². The number of hydrogen-bond acceptors (Lipinski definition) is 4. The van der Waals surface area contributed by atoms with Crippen molar-refractivity contribution < 1.29 is 4.79 Å². The Bertz CT molecular complexity index is 711. The van der Waals surface area contributed by atoms with Gasteiger partial charge in [0.2, 0.25) is 5.82 Å². The Morgan fingerprint density at radius 1 is 1.44 bits per heavy atom. The highest BCUT2D eigenvalue weighted by Gasteiger charge is 2.04. The highest BCUT2D eigenvalue weighted by molar-refractivity contribution is 5.70. The lowest BCUT2D eigenvalue weighted by molar-refractivity contribution is 0.111. The summed E-state index contributed by atoms with van der Waals surface area (Å²) in [4.78, 5) is 19.2. The summed E-state index contributed by atoms with van der Waals surface area (Å²) < 4.78 is 1.59. The van der Waals surface area contributed by atoms with Crippen molar-refractivity contribution in [1.82, 2.24) is 14.6 Å². The number of pyridine rings is 1. The van der Waals surface area contributed by atoms with Crippen LogP contribution in [0.2, 0.25) is 0 Å². The second-order valence-electron chi connectivity index (χ2n) is 3.41. The molecule has 1 aliphatic heterocycles. The van der Waals surface area contributed by atoms with Crippen molar-refractivity contribution in [2.45, 2.75) is 0 Å². The van der Waals surface area contributed by atoms with Crippen LogP contribution in [0.25, 0.3) is 11.7 Å². The van der Waals surface area contributed by atoms with E-state index in [1.54, 1.807) is 10.7 Å². The molecule has 0 saturated carbocycles. The molecule has 0 spiro atoms. The van der Waals surface area contributed by atoms with E-state index in [2.05, 4.69) is 15.1 Å². The van der Waals surface area contributed by atoms with E-state index in [0.29, 0.717) is 18.5 Å². The van der Waals surface area contributed by atoms with Crippen LogP contribution in [0.4, 0.5) is 0 Å². The summed E-state index contributed by atoms with van der Waals surface area (Å²) in [5.74, 6) is 0.190. The van der Waals surface area contributed by atoms with Crippen LogP contribution in [0.3, 0.4) is 0 Å². The van der Waals surface area contributed by atoms with Crippen molar-refractivity contribution in [2.75, 3.05) is 6.54 Å². The monoisotopic (exact) mass is 212 g/mol. The van der Waals surface area contributed by atoms with Gasteiger partial charge < -0.3 is 0 Å². The first-order valence-electron chi connectivity index (χ1n) is 4.90. The lowest BCUT2D eigenvalue weighted by Gasteiger charge is -1.91. The number of carbonyl (C=O) groups is 1. The Balaban J connectivity index is 2.51. The lowest BCUT2D eigenvalue weighted by atomic mass is 10.3. The second-order valence-corrected chi connectivity index (χ2v) is 3.41. The maximum atomic E-state index is 10.6. The first-order valence-corrected chi connectivity index (χ1v) is 4.90. The predicted octanol–water partition coefficient (Wildman–Crippen LogP) is -0.488. The zero-order valence-electron chi connectivity index (χ0n) is 8.37. The van der Waals surface area contributed by atoms with E-state index < -0.39 is 0 Å². The lowest BCUT2D eigenvalue weighted by Crippen LogP contribution is -2.27. The molecule has 5 heteroatoms. The molecule has 0 unspecified atom stereocenters. The van der Waals surface area contributed by atoms with Gasteiger partial charge in [-0.15, -0.1) is 5.10 Å². The van der Waals surface area contributed by atoms with Gasteiger partial charge in [0.25, 0.3) is 0 Å². The van der Waals surface area contributed by atoms with Gasteiger partial charge in [-0.2, -0.15) is 0 Å². The maximum absolute atomic E-state index is 10.6. The van der Waals surface area contributed by atoms with Gasteiger partial charge in [-0.1, -0.05) is 12.2 Å². The molecule has 2 aromatic heterocycles. The van der Waals surface area contributed by atoms with Crippen LogP contribution in [0.1, 0.15) is 10.6 Å². The van der Waals surface area contributed by atoms with Crippen molar-refractivity contribution >= 4 is 18.0 Å². The van der Waals surface area contributed by atoms with E-state index in [0.717, 1.165) is 10.6 Å². The normalized spacial score (nSPS) is 13.8. The van der Waals surface area contributed by atoms with E-state index in [1.807, 2.05) is 24.3 Å². The zero-order chi connectivity index (χ0) is 11.0. The van der Waals surface area contributed by atoms with Gasteiger partial charge in [0, 0.05) is 11.4 Å². The number of aromatic nitrogens is 3. The van der Waals surface area contributed by atoms with E-state index in [9.17, 15) is 4.79 Å². The van der Waals surface area contributed by atoms with Crippen LogP contribution in [0.5, 0.6) is 0 Å². The Morgan fingerprint density at radius 2 is 2.38 bits per heavy atom. The molecule has 3 heterocycles. The molecule has 3 rings (SSSR count). The van der Waals surface area contributed by atoms with Crippen molar-refractivity contribution in [3.8, 4) is 0 Å².